The first-order valence-corrected chi connectivity index (χ1v) is 7.26. The van der Waals surface area contributed by atoms with Crippen LogP contribution >= 0.6 is 0 Å². The van der Waals surface area contributed by atoms with Crippen molar-refractivity contribution in [2.24, 2.45) is 5.92 Å². The minimum Gasteiger partial charge on any atom is -0.480 e. The molecule has 0 radical (unpaired) electrons. The predicted octanol–water partition coefficient (Wildman–Crippen LogP) is 1.92. The molecular formula is C16H21NO4. The first-order valence-electron chi connectivity index (χ1n) is 7.26. The van der Waals surface area contributed by atoms with Gasteiger partial charge in [0.05, 0.1) is 0 Å². The predicted molar refractivity (Wildman–Crippen MR) is 77.7 cm³/mol. The lowest BCUT2D eigenvalue weighted by Crippen LogP contribution is -2.36. The number of hydrogen-bond acceptors (Lipinski definition) is 3. The zero-order chi connectivity index (χ0) is 15.1. The van der Waals surface area contributed by atoms with Crippen LogP contribution in [0.5, 0.6) is 0 Å². The highest BCUT2D eigenvalue weighted by molar-refractivity contribution is 5.81. The summed E-state index contributed by atoms with van der Waals surface area (Å²) in [6, 6.07) is 9.47. The lowest BCUT2D eigenvalue weighted by atomic mass is 9.96. The zero-order valence-electron chi connectivity index (χ0n) is 12.0. The Hall–Kier alpha value is -1.88. The van der Waals surface area contributed by atoms with E-state index < -0.39 is 5.97 Å². The fourth-order valence-electron chi connectivity index (χ4n) is 2.53. The van der Waals surface area contributed by atoms with E-state index in [1.54, 1.807) is 0 Å². The van der Waals surface area contributed by atoms with Gasteiger partial charge < -0.3 is 14.7 Å². The number of rotatable bonds is 6. The van der Waals surface area contributed by atoms with Gasteiger partial charge in [0, 0.05) is 26.2 Å². The van der Waals surface area contributed by atoms with Crippen LogP contribution in [0, 0.1) is 5.92 Å². The van der Waals surface area contributed by atoms with Crippen LogP contribution in [0.25, 0.3) is 0 Å². The second-order valence-corrected chi connectivity index (χ2v) is 5.39. The molecule has 0 bridgehead atoms. The second kappa shape index (κ2) is 7.78. The third-order valence-electron chi connectivity index (χ3n) is 3.70. The molecule has 0 saturated carbocycles. The number of ether oxygens (including phenoxy) is 1. The van der Waals surface area contributed by atoms with Crippen molar-refractivity contribution in [1.29, 1.82) is 0 Å². The molecular weight excluding hydrogens is 270 g/mol. The summed E-state index contributed by atoms with van der Waals surface area (Å²) in [5.74, 6) is -0.766. The second-order valence-electron chi connectivity index (χ2n) is 5.39. The van der Waals surface area contributed by atoms with Gasteiger partial charge in [0.1, 0.15) is 6.54 Å². The average Bonchev–Trinajstić information content (AvgIpc) is 2.48. The SMILES string of the molecule is O=C(O)CN(Cc1ccccc1)C(=O)CC1CCOCC1. The fourth-order valence-corrected chi connectivity index (χ4v) is 2.53. The molecule has 1 N–H and O–H groups in total. The zero-order valence-corrected chi connectivity index (χ0v) is 12.0. The topological polar surface area (TPSA) is 66.8 Å². The van der Waals surface area contributed by atoms with Gasteiger partial charge in [0.25, 0.3) is 0 Å². The van der Waals surface area contributed by atoms with Gasteiger partial charge >= 0.3 is 5.97 Å². The molecule has 1 saturated heterocycles. The Labute approximate surface area is 124 Å². The van der Waals surface area contributed by atoms with Crippen molar-refractivity contribution in [3.05, 3.63) is 35.9 Å². The number of benzene rings is 1. The highest BCUT2D eigenvalue weighted by atomic mass is 16.5. The summed E-state index contributed by atoms with van der Waals surface area (Å²) in [4.78, 5) is 24.8. The van der Waals surface area contributed by atoms with Crippen LogP contribution < -0.4 is 0 Å². The van der Waals surface area contributed by atoms with E-state index in [2.05, 4.69) is 0 Å². The number of nitrogens with zero attached hydrogens (tertiary/aromatic N) is 1. The molecule has 1 aromatic rings. The molecule has 0 spiro atoms. The van der Waals surface area contributed by atoms with Crippen molar-refractivity contribution in [3.8, 4) is 0 Å². The smallest absolute Gasteiger partial charge is 0.323 e. The Bertz CT molecular complexity index is 468. The lowest BCUT2D eigenvalue weighted by Gasteiger charge is -2.26. The molecule has 5 nitrogen and oxygen atoms in total. The van der Waals surface area contributed by atoms with Gasteiger partial charge in [-0.3, -0.25) is 9.59 Å². The molecule has 1 fully saturated rings. The van der Waals surface area contributed by atoms with E-state index in [1.807, 2.05) is 30.3 Å². The largest absolute Gasteiger partial charge is 0.480 e. The Balaban J connectivity index is 1.97. The van der Waals surface area contributed by atoms with Gasteiger partial charge in [0.2, 0.25) is 5.91 Å². The van der Waals surface area contributed by atoms with Crippen LogP contribution in [0.4, 0.5) is 0 Å². The standard InChI is InChI=1S/C16H21NO4/c18-15(10-13-6-8-21-9-7-13)17(12-16(19)20)11-14-4-2-1-3-5-14/h1-5,13H,6-12H2,(H,19,20). The molecule has 1 heterocycles. The maximum absolute atomic E-state index is 12.4. The van der Waals surface area contributed by atoms with Crippen LogP contribution in [0.15, 0.2) is 30.3 Å². The number of amides is 1. The quantitative estimate of drug-likeness (QED) is 0.869. The molecule has 0 atom stereocenters. The van der Waals surface area contributed by atoms with Gasteiger partial charge in [-0.15, -0.1) is 0 Å². The molecule has 0 aliphatic carbocycles. The van der Waals surface area contributed by atoms with Crippen LogP contribution in [0.2, 0.25) is 0 Å². The summed E-state index contributed by atoms with van der Waals surface area (Å²) >= 11 is 0. The molecule has 1 aromatic carbocycles. The first kappa shape index (κ1) is 15.5. The molecule has 21 heavy (non-hydrogen) atoms. The molecule has 1 amide bonds. The van der Waals surface area contributed by atoms with Crippen molar-refractivity contribution in [2.75, 3.05) is 19.8 Å². The summed E-state index contributed by atoms with van der Waals surface area (Å²) in [7, 11) is 0. The van der Waals surface area contributed by atoms with Crippen LogP contribution in [-0.4, -0.2) is 41.6 Å². The van der Waals surface area contributed by atoms with Gasteiger partial charge in [0.15, 0.2) is 0 Å². The van der Waals surface area contributed by atoms with Crippen molar-refractivity contribution in [3.63, 3.8) is 0 Å². The maximum atomic E-state index is 12.4. The summed E-state index contributed by atoms with van der Waals surface area (Å²) in [6.07, 6.45) is 2.15. The summed E-state index contributed by atoms with van der Waals surface area (Å²) in [5.41, 5.74) is 0.944. The number of carbonyl (C=O) groups is 2. The molecule has 0 aromatic heterocycles. The summed E-state index contributed by atoms with van der Waals surface area (Å²) < 4.78 is 5.28. The maximum Gasteiger partial charge on any atom is 0.323 e. The molecule has 0 unspecified atom stereocenters. The van der Waals surface area contributed by atoms with E-state index in [1.165, 1.54) is 4.90 Å². The van der Waals surface area contributed by atoms with Crippen molar-refractivity contribution < 1.29 is 19.4 Å². The number of hydrogen-bond donors (Lipinski definition) is 1. The van der Waals surface area contributed by atoms with Gasteiger partial charge in [-0.2, -0.15) is 0 Å². The Kier molecular flexibility index (Phi) is 5.75. The monoisotopic (exact) mass is 291 g/mol. The van der Waals surface area contributed by atoms with Crippen molar-refractivity contribution in [1.82, 2.24) is 4.90 Å². The Morgan fingerprint density at radius 1 is 1.19 bits per heavy atom. The van der Waals surface area contributed by atoms with Gasteiger partial charge in [-0.25, -0.2) is 0 Å². The average molecular weight is 291 g/mol. The normalized spacial score (nSPS) is 15.6. The minimum absolute atomic E-state index is 0.0897. The van der Waals surface area contributed by atoms with Crippen molar-refractivity contribution in [2.45, 2.75) is 25.8 Å². The van der Waals surface area contributed by atoms with Crippen molar-refractivity contribution >= 4 is 11.9 Å². The fraction of sp³-hybridized carbons (Fsp3) is 0.500. The summed E-state index contributed by atoms with van der Waals surface area (Å²) in [5, 5.41) is 9.00. The molecule has 5 heteroatoms. The van der Waals surface area contributed by atoms with Gasteiger partial charge in [-0.05, 0) is 24.3 Å². The third kappa shape index (κ3) is 5.19. The summed E-state index contributed by atoms with van der Waals surface area (Å²) in [6.45, 7) is 1.47. The van der Waals surface area contributed by atoms with E-state index in [0.29, 0.717) is 32.1 Å². The highest BCUT2D eigenvalue weighted by Gasteiger charge is 2.22. The number of carboxylic acids is 1. The lowest BCUT2D eigenvalue weighted by molar-refractivity contribution is -0.145. The molecule has 1 aliphatic rings. The third-order valence-corrected chi connectivity index (χ3v) is 3.70. The molecule has 2 rings (SSSR count). The minimum atomic E-state index is -0.980. The number of carboxylic acid groups (broad SMARTS) is 1. The van der Waals surface area contributed by atoms with Crippen LogP contribution in [0.3, 0.4) is 0 Å². The van der Waals surface area contributed by atoms with E-state index in [-0.39, 0.29) is 12.5 Å². The van der Waals surface area contributed by atoms with E-state index in [4.69, 9.17) is 9.84 Å². The number of aliphatic carboxylic acids is 1. The van der Waals surface area contributed by atoms with E-state index in [0.717, 1.165) is 18.4 Å². The van der Waals surface area contributed by atoms with Gasteiger partial charge in [-0.1, -0.05) is 30.3 Å². The molecule has 1 aliphatic heterocycles. The number of carbonyl (C=O) groups excluding carboxylic acids is 1. The van der Waals surface area contributed by atoms with E-state index in [9.17, 15) is 9.59 Å². The van der Waals surface area contributed by atoms with E-state index >= 15 is 0 Å². The van der Waals surface area contributed by atoms with Crippen LogP contribution in [-0.2, 0) is 20.9 Å². The van der Waals surface area contributed by atoms with Crippen LogP contribution in [0.1, 0.15) is 24.8 Å². The Morgan fingerprint density at radius 3 is 2.48 bits per heavy atom. The first-order chi connectivity index (χ1) is 10.1. The molecule has 114 valence electrons. The highest BCUT2D eigenvalue weighted by Crippen LogP contribution is 2.20. The Morgan fingerprint density at radius 2 is 1.86 bits per heavy atom.